The van der Waals surface area contributed by atoms with E-state index in [1.165, 1.54) is 0 Å². The van der Waals surface area contributed by atoms with E-state index in [-0.39, 0.29) is 10.6 Å². The summed E-state index contributed by atoms with van der Waals surface area (Å²) in [4.78, 5) is 12.9. The third kappa shape index (κ3) is 4.13. The van der Waals surface area contributed by atoms with Crippen molar-refractivity contribution in [3.63, 3.8) is 0 Å². The minimum Gasteiger partial charge on any atom is -0.258 e. The van der Waals surface area contributed by atoms with E-state index in [9.17, 15) is 10.1 Å². The first kappa shape index (κ1) is 24.2. The van der Waals surface area contributed by atoms with Crippen LogP contribution in [0.5, 0.6) is 0 Å². The lowest BCUT2D eigenvalue weighted by Crippen LogP contribution is -2.30. The first-order valence-electron chi connectivity index (χ1n) is 12.5. The Balaban J connectivity index is 1.88. The molecule has 5 aromatic carbocycles. The predicted octanol–water partition coefficient (Wildman–Crippen LogP) is 8.30. The van der Waals surface area contributed by atoms with Crippen LogP contribution in [-0.2, 0) is 10.8 Å². The summed E-state index contributed by atoms with van der Waals surface area (Å²) >= 11 is 0. The van der Waals surface area contributed by atoms with E-state index in [0.717, 1.165) is 22.3 Å². The molecule has 0 atom stereocenters. The van der Waals surface area contributed by atoms with Crippen molar-refractivity contribution in [2.75, 3.05) is 0 Å². The molecule has 0 N–H and O–H groups in total. The first-order chi connectivity index (χ1) is 18.0. The summed E-state index contributed by atoms with van der Waals surface area (Å²) in [5, 5.41) is 13.1. The fourth-order valence-corrected chi connectivity index (χ4v) is 5.59. The Labute approximate surface area is 218 Å². The highest BCUT2D eigenvalue weighted by Gasteiger charge is 2.43. The zero-order valence-corrected chi connectivity index (χ0v) is 21.0. The van der Waals surface area contributed by atoms with Gasteiger partial charge in [-0.2, -0.15) is 0 Å². The fraction of sp³-hybridized carbons (Fsp3) is 0.118. The highest BCUT2D eigenvalue weighted by molar-refractivity contribution is 5.65. The molecule has 37 heavy (non-hydrogen) atoms. The van der Waals surface area contributed by atoms with Crippen molar-refractivity contribution in [1.82, 2.24) is 0 Å². The molecule has 0 saturated carbocycles. The van der Waals surface area contributed by atoms with Crippen LogP contribution < -0.4 is 0 Å². The average Bonchev–Trinajstić information content (AvgIpc) is 2.97. The van der Waals surface area contributed by atoms with Gasteiger partial charge in [0, 0.05) is 22.0 Å². The summed E-state index contributed by atoms with van der Waals surface area (Å²) in [6.45, 7) is 4.18. The molecule has 0 unspecified atom stereocenters. The number of nitro benzene ring substituents is 1. The van der Waals surface area contributed by atoms with Crippen LogP contribution >= 0.6 is 0 Å². The van der Waals surface area contributed by atoms with Crippen LogP contribution in [0.2, 0.25) is 0 Å². The minimum absolute atomic E-state index is 0.146. The van der Waals surface area contributed by atoms with E-state index >= 15 is 0 Å². The maximum atomic E-state index is 13.1. The molecule has 0 amide bonds. The van der Waals surface area contributed by atoms with Crippen molar-refractivity contribution < 1.29 is 4.92 Å². The molecule has 0 aliphatic heterocycles. The molecule has 182 valence electrons. The topological polar surface area (TPSA) is 43.1 Å². The SMILES string of the molecule is CC(c1ccccc1)(c1ccccc1)c1cccc(C(C)(c2ccccc2)c2ccccc2)c1[N+](=O)[O-]. The quantitative estimate of drug-likeness (QED) is 0.133. The monoisotopic (exact) mass is 483 g/mol. The largest absolute Gasteiger partial charge is 0.278 e. The summed E-state index contributed by atoms with van der Waals surface area (Å²) in [5.74, 6) is 0. The molecule has 3 nitrogen and oxygen atoms in total. The number of hydrogen-bond acceptors (Lipinski definition) is 2. The number of benzene rings is 5. The van der Waals surface area contributed by atoms with E-state index in [2.05, 4.69) is 62.4 Å². The van der Waals surface area contributed by atoms with Crippen LogP contribution in [0, 0.1) is 10.1 Å². The van der Waals surface area contributed by atoms with Crippen LogP contribution in [0.25, 0.3) is 0 Å². The van der Waals surface area contributed by atoms with Crippen molar-refractivity contribution >= 4 is 5.69 Å². The van der Waals surface area contributed by atoms with E-state index in [4.69, 9.17) is 0 Å². The van der Waals surface area contributed by atoms with Crippen LogP contribution in [0.4, 0.5) is 5.69 Å². The summed E-state index contributed by atoms with van der Waals surface area (Å²) in [7, 11) is 0. The Morgan fingerprint density at radius 1 is 0.459 bits per heavy atom. The lowest BCUT2D eigenvalue weighted by atomic mass is 9.66. The van der Waals surface area contributed by atoms with Gasteiger partial charge in [-0.05, 0) is 36.1 Å². The Kier molecular flexibility index (Phi) is 6.45. The van der Waals surface area contributed by atoms with Crippen molar-refractivity contribution in [2.45, 2.75) is 24.7 Å². The van der Waals surface area contributed by atoms with Crippen LogP contribution in [0.1, 0.15) is 47.2 Å². The maximum Gasteiger partial charge on any atom is 0.278 e. The van der Waals surface area contributed by atoms with Gasteiger partial charge >= 0.3 is 0 Å². The number of nitro groups is 1. The molecular formula is C34H29NO2. The molecule has 0 fully saturated rings. The molecule has 3 heteroatoms. The Hall–Kier alpha value is -4.50. The van der Waals surface area contributed by atoms with Gasteiger partial charge < -0.3 is 0 Å². The average molecular weight is 484 g/mol. The van der Waals surface area contributed by atoms with Gasteiger partial charge in [0.15, 0.2) is 0 Å². The second-order valence-corrected chi connectivity index (χ2v) is 9.67. The van der Waals surface area contributed by atoms with Crippen molar-refractivity contribution in [1.29, 1.82) is 0 Å². The molecular weight excluding hydrogens is 454 g/mol. The second-order valence-electron chi connectivity index (χ2n) is 9.67. The Morgan fingerprint density at radius 3 is 0.973 bits per heavy atom. The van der Waals surface area contributed by atoms with Gasteiger partial charge in [-0.25, -0.2) is 0 Å². The van der Waals surface area contributed by atoms with E-state index < -0.39 is 10.8 Å². The zero-order valence-electron chi connectivity index (χ0n) is 21.0. The molecule has 0 bridgehead atoms. The van der Waals surface area contributed by atoms with Gasteiger partial charge in [0.2, 0.25) is 0 Å². The standard InChI is InChI=1S/C34H29NO2/c1-33(26-16-7-3-8-17-26,27-18-9-4-10-19-27)30-24-15-25-31(32(30)35(36)37)34(2,28-20-11-5-12-21-28)29-22-13-6-14-23-29/h3-25H,1-2H3. The molecule has 0 heterocycles. The van der Waals surface area contributed by atoms with Gasteiger partial charge in [0.1, 0.15) is 0 Å². The third-order valence-corrected chi connectivity index (χ3v) is 7.70. The highest BCUT2D eigenvalue weighted by atomic mass is 16.6. The highest BCUT2D eigenvalue weighted by Crippen LogP contribution is 2.49. The lowest BCUT2D eigenvalue weighted by Gasteiger charge is -2.35. The maximum absolute atomic E-state index is 13.1. The van der Waals surface area contributed by atoms with Crippen molar-refractivity contribution in [3.8, 4) is 0 Å². The van der Waals surface area contributed by atoms with Gasteiger partial charge in [-0.3, -0.25) is 10.1 Å². The third-order valence-electron chi connectivity index (χ3n) is 7.70. The molecule has 0 radical (unpaired) electrons. The summed E-state index contributed by atoms with van der Waals surface area (Å²) in [5.41, 5.74) is 4.02. The summed E-state index contributed by atoms with van der Waals surface area (Å²) < 4.78 is 0. The van der Waals surface area contributed by atoms with Gasteiger partial charge in [0.25, 0.3) is 5.69 Å². The smallest absolute Gasteiger partial charge is 0.258 e. The number of hydrogen-bond donors (Lipinski definition) is 0. The molecule has 5 rings (SSSR count). The molecule has 5 aromatic rings. The van der Waals surface area contributed by atoms with Crippen molar-refractivity contribution in [3.05, 3.63) is 183 Å². The fourth-order valence-electron chi connectivity index (χ4n) is 5.59. The Morgan fingerprint density at radius 2 is 0.730 bits per heavy atom. The summed E-state index contributed by atoms with van der Waals surface area (Å²) in [6.07, 6.45) is 0. The van der Waals surface area contributed by atoms with Crippen LogP contribution in [0.15, 0.2) is 140 Å². The van der Waals surface area contributed by atoms with E-state index in [1.807, 2.05) is 91.0 Å². The normalized spacial score (nSPS) is 11.7. The first-order valence-corrected chi connectivity index (χ1v) is 12.5. The predicted molar refractivity (Wildman–Crippen MR) is 150 cm³/mol. The number of nitrogens with zero attached hydrogens (tertiary/aromatic N) is 1. The zero-order chi connectivity index (χ0) is 25.9. The second kappa shape index (κ2) is 9.87. The molecule has 0 saturated heterocycles. The minimum atomic E-state index is -0.741. The Bertz CT molecular complexity index is 1310. The molecule has 0 aliphatic carbocycles. The molecule has 0 spiro atoms. The van der Waals surface area contributed by atoms with E-state index in [0.29, 0.717) is 11.1 Å². The van der Waals surface area contributed by atoms with Gasteiger partial charge in [0.05, 0.1) is 4.92 Å². The van der Waals surface area contributed by atoms with Crippen LogP contribution in [0.3, 0.4) is 0 Å². The molecule has 0 aromatic heterocycles. The lowest BCUT2D eigenvalue weighted by molar-refractivity contribution is -0.386. The van der Waals surface area contributed by atoms with Crippen molar-refractivity contribution in [2.24, 2.45) is 0 Å². The number of rotatable bonds is 7. The number of para-hydroxylation sites is 1. The molecule has 0 aliphatic rings. The van der Waals surface area contributed by atoms with Gasteiger partial charge in [-0.15, -0.1) is 0 Å². The van der Waals surface area contributed by atoms with E-state index in [1.54, 1.807) is 0 Å². The summed E-state index contributed by atoms with van der Waals surface area (Å²) in [6, 6.07) is 46.0. The van der Waals surface area contributed by atoms with Gasteiger partial charge in [-0.1, -0.05) is 140 Å². The van der Waals surface area contributed by atoms with Crippen LogP contribution in [-0.4, -0.2) is 4.92 Å².